The van der Waals surface area contributed by atoms with E-state index in [-0.39, 0.29) is 0 Å². The van der Waals surface area contributed by atoms with Crippen LogP contribution >= 0.6 is 15.9 Å². The van der Waals surface area contributed by atoms with Crippen molar-refractivity contribution < 1.29 is 0 Å². The van der Waals surface area contributed by atoms with Crippen LogP contribution < -0.4 is 5.32 Å². The highest BCUT2D eigenvalue weighted by molar-refractivity contribution is 9.10. The Balaban J connectivity index is 2.51. The van der Waals surface area contributed by atoms with E-state index in [1.54, 1.807) is 0 Å². The highest BCUT2D eigenvalue weighted by Crippen LogP contribution is 2.15. The monoisotopic (exact) mass is 298 g/mol. The average Bonchev–Trinajstić information content (AvgIpc) is 2.33. The Morgan fingerprint density at radius 1 is 1.35 bits per heavy atom. The summed E-state index contributed by atoms with van der Waals surface area (Å²) in [4.78, 5) is 4.44. The van der Waals surface area contributed by atoms with E-state index in [9.17, 15) is 0 Å². The molecule has 1 rings (SSSR count). The van der Waals surface area contributed by atoms with Crippen LogP contribution in [-0.4, -0.2) is 17.6 Å². The third kappa shape index (κ3) is 5.17. The van der Waals surface area contributed by atoms with Crippen molar-refractivity contribution in [2.45, 2.75) is 46.1 Å². The Morgan fingerprint density at radius 3 is 2.65 bits per heavy atom. The minimum absolute atomic E-state index is 0.598. The predicted octanol–water partition coefficient (Wildman–Crippen LogP) is 3.80. The van der Waals surface area contributed by atoms with Gasteiger partial charge in [-0.25, -0.2) is 0 Å². The Hall–Kier alpha value is -0.410. The van der Waals surface area contributed by atoms with Crippen LogP contribution in [0, 0.1) is 5.92 Å². The molecule has 1 aromatic rings. The van der Waals surface area contributed by atoms with Crippen molar-refractivity contribution in [3.05, 3.63) is 28.5 Å². The molecule has 2 unspecified atom stereocenters. The van der Waals surface area contributed by atoms with Gasteiger partial charge in [-0.15, -0.1) is 0 Å². The molecule has 0 aromatic carbocycles. The molecular weight excluding hydrogens is 276 g/mol. The van der Waals surface area contributed by atoms with Crippen molar-refractivity contribution in [3.63, 3.8) is 0 Å². The van der Waals surface area contributed by atoms with Gasteiger partial charge < -0.3 is 5.32 Å². The SMILES string of the molecule is CCCNC(CC)C(C)Cc1ccc(Br)cn1. The van der Waals surface area contributed by atoms with Crippen molar-refractivity contribution in [2.24, 2.45) is 5.92 Å². The lowest BCUT2D eigenvalue weighted by Gasteiger charge is -2.23. The first-order chi connectivity index (χ1) is 8.17. The van der Waals surface area contributed by atoms with Crippen LogP contribution in [0.1, 0.15) is 39.3 Å². The van der Waals surface area contributed by atoms with Crippen molar-refractivity contribution >= 4 is 15.9 Å². The number of aromatic nitrogens is 1. The number of pyridine rings is 1. The number of nitrogens with one attached hydrogen (secondary N) is 1. The smallest absolute Gasteiger partial charge is 0.0413 e. The number of halogens is 1. The molecule has 1 aromatic heterocycles. The first-order valence-corrected chi connectivity index (χ1v) is 7.30. The summed E-state index contributed by atoms with van der Waals surface area (Å²) in [5.74, 6) is 0.625. The Kier molecular flexibility index (Phi) is 6.75. The van der Waals surface area contributed by atoms with E-state index in [4.69, 9.17) is 0 Å². The van der Waals surface area contributed by atoms with Gasteiger partial charge in [-0.1, -0.05) is 20.8 Å². The normalized spacial score (nSPS) is 14.6. The second kappa shape index (κ2) is 7.83. The van der Waals surface area contributed by atoms with E-state index in [0.29, 0.717) is 12.0 Å². The van der Waals surface area contributed by atoms with Crippen molar-refractivity contribution in [2.75, 3.05) is 6.54 Å². The first-order valence-electron chi connectivity index (χ1n) is 6.51. The molecule has 0 fully saturated rings. The van der Waals surface area contributed by atoms with E-state index in [2.05, 4.69) is 59.1 Å². The summed E-state index contributed by atoms with van der Waals surface area (Å²) in [6.07, 6.45) is 5.29. The molecule has 0 aliphatic heterocycles. The topological polar surface area (TPSA) is 24.9 Å². The summed E-state index contributed by atoms with van der Waals surface area (Å²) in [5.41, 5.74) is 1.18. The maximum absolute atomic E-state index is 4.44. The van der Waals surface area contributed by atoms with Crippen LogP contribution in [0.4, 0.5) is 0 Å². The van der Waals surface area contributed by atoms with Gasteiger partial charge in [-0.2, -0.15) is 0 Å². The molecule has 2 nitrogen and oxygen atoms in total. The summed E-state index contributed by atoms with van der Waals surface area (Å²) in [5, 5.41) is 3.61. The number of hydrogen-bond acceptors (Lipinski definition) is 2. The van der Waals surface area contributed by atoms with E-state index >= 15 is 0 Å². The lowest BCUT2D eigenvalue weighted by molar-refractivity contribution is 0.362. The second-order valence-electron chi connectivity index (χ2n) is 4.62. The highest BCUT2D eigenvalue weighted by Gasteiger charge is 2.15. The fourth-order valence-corrected chi connectivity index (χ4v) is 2.31. The second-order valence-corrected chi connectivity index (χ2v) is 5.53. The van der Waals surface area contributed by atoms with E-state index in [0.717, 1.165) is 17.4 Å². The van der Waals surface area contributed by atoms with Crippen LogP contribution in [0.2, 0.25) is 0 Å². The highest BCUT2D eigenvalue weighted by atomic mass is 79.9. The minimum Gasteiger partial charge on any atom is -0.314 e. The zero-order valence-electron chi connectivity index (χ0n) is 11.0. The molecule has 0 aliphatic rings. The van der Waals surface area contributed by atoms with Gasteiger partial charge in [-0.3, -0.25) is 4.98 Å². The fraction of sp³-hybridized carbons (Fsp3) is 0.643. The molecule has 96 valence electrons. The molecule has 3 heteroatoms. The Labute approximate surface area is 113 Å². The minimum atomic E-state index is 0.598. The zero-order chi connectivity index (χ0) is 12.7. The molecule has 0 saturated heterocycles. The molecular formula is C14H23BrN2. The number of hydrogen-bond donors (Lipinski definition) is 1. The van der Waals surface area contributed by atoms with Crippen LogP contribution in [-0.2, 0) is 6.42 Å². The molecule has 0 radical (unpaired) electrons. The predicted molar refractivity (Wildman–Crippen MR) is 77.2 cm³/mol. The van der Waals surface area contributed by atoms with Gasteiger partial charge >= 0.3 is 0 Å². The molecule has 0 aliphatic carbocycles. The fourth-order valence-electron chi connectivity index (χ4n) is 2.08. The molecule has 0 spiro atoms. The van der Waals surface area contributed by atoms with Crippen molar-refractivity contribution in [1.82, 2.24) is 10.3 Å². The van der Waals surface area contributed by atoms with Gasteiger partial charge in [0.05, 0.1) is 0 Å². The van der Waals surface area contributed by atoms with Gasteiger partial charge in [0, 0.05) is 22.4 Å². The van der Waals surface area contributed by atoms with E-state index in [1.807, 2.05) is 6.20 Å². The Bertz CT molecular complexity index is 311. The lowest BCUT2D eigenvalue weighted by atomic mass is 9.94. The van der Waals surface area contributed by atoms with Crippen LogP contribution in [0.3, 0.4) is 0 Å². The standard InChI is InChI=1S/C14H23BrN2/c1-4-8-16-14(5-2)11(3)9-13-7-6-12(15)10-17-13/h6-7,10-11,14,16H,4-5,8-9H2,1-3H3. The van der Waals surface area contributed by atoms with Gasteiger partial charge in [0.15, 0.2) is 0 Å². The molecule has 0 bridgehead atoms. The molecule has 0 amide bonds. The van der Waals surface area contributed by atoms with Gasteiger partial charge in [0.25, 0.3) is 0 Å². The summed E-state index contributed by atoms with van der Waals surface area (Å²) < 4.78 is 1.05. The quantitative estimate of drug-likeness (QED) is 0.828. The first kappa shape index (κ1) is 14.7. The van der Waals surface area contributed by atoms with Crippen LogP contribution in [0.25, 0.3) is 0 Å². The molecule has 17 heavy (non-hydrogen) atoms. The van der Waals surface area contributed by atoms with Crippen molar-refractivity contribution in [1.29, 1.82) is 0 Å². The summed E-state index contributed by atoms with van der Waals surface area (Å²) in [7, 11) is 0. The third-order valence-corrected chi connectivity index (χ3v) is 3.57. The number of rotatable bonds is 7. The van der Waals surface area contributed by atoms with Crippen LogP contribution in [0.15, 0.2) is 22.8 Å². The zero-order valence-corrected chi connectivity index (χ0v) is 12.6. The van der Waals surface area contributed by atoms with Gasteiger partial charge in [0.1, 0.15) is 0 Å². The largest absolute Gasteiger partial charge is 0.314 e. The molecule has 0 saturated carbocycles. The summed E-state index contributed by atoms with van der Waals surface area (Å²) >= 11 is 3.41. The van der Waals surface area contributed by atoms with E-state index < -0.39 is 0 Å². The summed E-state index contributed by atoms with van der Waals surface area (Å²) in [6.45, 7) is 7.87. The average molecular weight is 299 g/mol. The van der Waals surface area contributed by atoms with Gasteiger partial charge in [-0.05, 0) is 59.8 Å². The van der Waals surface area contributed by atoms with Crippen LogP contribution in [0.5, 0.6) is 0 Å². The molecule has 2 atom stereocenters. The summed E-state index contributed by atoms with van der Waals surface area (Å²) in [6, 6.07) is 4.77. The maximum atomic E-state index is 4.44. The molecule has 1 heterocycles. The van der Waals surface area contributed by atoms with Gasteiger partial charge in [0.2, 0.25) is 0 Å². The number of nitrogens with zero attached hydrogens (tertiary/aromatic N) is 1. The Morgan fingerprint density at radius 2 is 2.12 bits per heavy atom. The van der Waals surface area contributed by atoms with E-state index in [1.165, 1.54) is 18.5 Å². The molecule has 1 N–H and O–H groups in total. The lowest BCUT2D eigenvalue weighted by Crippen LogP contribution is -2.36. The third-order valence-electron chi connectivity index (χ3n) is 3.10. The maximum Gasteiger partial charge on any atom is 0.0413 e. The van der Waals surface area contributed by atoms with Crippen molar-refractivity contribution in [3.8, 4) is 0 Å².